The zero-order chi connectivity index (χ0) is 18.9. The summed E-state index contributed by atoms with van der Waals surface area (Å²) in [5, 5.41) is 0. The van der Waals surface area contributed by atoms with Crippen LogP contribution in [-0.4, -0.2) is 0 Å². The van der Waals surface area contributed by atoms with Crippen molar-refractivity contribution in [1.82, 2.24) is 0 Å². The Balaban J connectivity index is -0.000000111. The molecule has 23 heavy (non-hydrogen) atoms. The molecule has 0 heteroatoms. The molecule has 1 saturated carbocycles. The molecular weight excluding hydrogens is 276 g/mol. The van der Waals surface area contributed by atoms with Crippen LogP contribution in [0.4, 0.5) is 0 Å². The van der Waals surface area contributed by atoms with Crippen molar-refractivity contribution in [2.75, 3.05) is 0 Å². The molecule has 0 radical (unpaired) electrons. The normalized spacial score (nSPS) is 12.5. The summed E-state index contributed by atoms with van der Waals surface area (Å²) in [6.07, 6.45) is 23.7. The van der Waals surface area contributed by atoms with Gasteiger partial charge in [-0.3, -0.25) is 0 Å². The van der Waals surface area contributed by atoms with E-state index in [0.29, 0.717) is 0 Å². The number of terminal acetylenes is 1. The number of unbranched alkanes of at least 4 members (excludes halogenated alkanes) is 1. The maximum atomic E-state index is 4.00. The van der Waals surface area contributed by atoms with E-state index in [1.165, 1.54) is 70.6 Å². The lowest BCUT2D eigenvalue weighted by Crippen LogP contribution is -1.92. The van der Waals surface area contributed by atoms with E-state index >= 15 is 0 Å². The standard InChI is InChI=1S/C9H20.C6H14.C4H8.C2H6.C2H2/c1-4-6-8-9(3)7-5-2;1-4-5-6(2)3;1-2-4-3-1;2*1-2/h9H,4-8H2,1-3H3;6H,4-5H2,1-3H3;1-4H2;1-2H3;1-2H. The van der Waals surface area contributed by atoms with Crippen LogP contribution in [0.5, 0.6) is 0 Å². The fourth-order valence-corrected chi connectivity index (χ4v) is 2.02. The summed E-state index contributed by atoms with van der Waals surface area (Å²) in [4.78, 5) is 0. The second-order valence-corrected chi connectivity index (χ2v) is 6.63. The summed E-state index contributed by atoms with van der Waals surface area (Å²) >= 11 is 0. The Labute approximate surface area is 151 Å². The fraction of sp³-hybridized carbons (Fsp3) is 0.913. The van der Waals surface area contributed by atoms with E-state index in [2.05, 4.69) is 54.4 Å². The van der Waals surface area contributed by atoms with Crippen LogP contribution in [0.25, 0.3) is 0 Å². The van der Waals surface area contributed by atoms with Crippen LogP contribution in [0.15, 0.2) is 0 Å². The van der Waals surface area contributed by atoms with Crippen molar-refractivity contribution < 1.29 is 0 Å². The van der Waals surface area contributed by atoms with Gasteiger partial charge in [0.15, 0.2) is 0 Å². The second-order valence-electron chi connectivity index (χ2n) is 6.63. The zero-order valence-electron chi connectivity index (χ0n) is 18.1. The van der Waals surface area contributed by atoms with Gasteiger partial charge in [-0.15, -0.1) is 12.8 Å². The molecule has 1 aliphatic carbocycles. The Hall–Kier alpha value is -0.440. The maximum Gasteiger partial charge on any atom is -0.0443 e. The van der Waals surface area contributed by atoms with Gasteiger partial charge in [0, 0.05) is 0 Å². The van der Waals surface area contributed by atoms with E-state index in [1.807, 2.05) is 13.8 Å². The highest BCUT2D eigenvalue weighted by atomic mass is 14.0. The van der Waals surface area contributed by atoms with E-state index in [4.69, 9.17) is 0 Å². The summed E-state index contributed by atoms with van der Waals surface area (Å²) in [7, 11) is 0. The van der Waals surface area contributed by atoms with Crippen molar-refractivity contribution in [1.29, 1.82) is 0 Å². The molecule has 0 aromatic rings. The first kappa shape index (κ1) is 30.4. The van der Waals surface area contributed by atoms with Gasteiger partial charge in [-0.25, -0.2) is 0 Å². The van der Waals surface area contributed by atoms with Gasteiger partial charge in [0.1, 0.15) is 0 Å². The summed E-state index contributed by atoms with van der Waals surface area (Å²) in [6.45, 7) is 17.6. The van der Waals surface area contributed by atoms with Gasteiger partial charge in [0.25, 0.3) is 0 Å². The fourth-order valence-electron chi connectivity index (χ4n) is 2.02. The highest BCUT2D eigenvalue weighted by Gasteiger charge is 1.97. The first-order valence-electron chi connectivity index (χ1n) is 10.4. The number of hydrogen-bond acceptors (Lipinski definition) is 0. The van der Waals surface area contributed by atoms with Crippen molar-refractivity contribution in [2.45, 2.75) is 126 Å². The molecule has 0 N–H and O–H groups in total. The molecule has 1 aliphatic rings. The van der Waals surface area contributed by atoms with Gasteiger partial charge in [-0.2, -0.15) is 0 Å². The Kier molecular flexibility index (Phi) is 44.0. The molecule has 1 unspecified atom stereocenters. The van der Waals surface area contributed by atoms with Crippen LogP contribution in [-0.2, 0) is 0 Å². The van der Waals surface area contributed by atoms with Crippen molar-refractivity contribution in [3.05, 3.63) is 0 Å². The largest absolute Gasteiger partial charge is 0.124 e. The molecule has 0 aromatic heterocycles. The average Bonchev–Trinajstić information content (AvgIpc) is 2.48. The predicted octanol–water partition coefficient (Wildman–Crippen LogP) is 8.89. The molecule has 1 rings (SSSR count). The molecule has 1 atom stereocenters. The predicted molar refractivity (Wildman–Crippen MR) is 113 cm³/mol. The highest BCUT2D eigenvalue weighted by Crippen LogP contribution is 2.15. The lowest BCUT2D eigenvalue weighted by molar-refractivity contribution is 0.466. The number of hydrogen-bond donors (Lipinski definition) is 0. The smallest absolute Gasteiger partial charge is 0.0443 e. The minimum atomic E-state index is 0.898. The van der Waals surface area contributed by atoms with Crippen molar-refractivity contribution >= 4 is 0 Å². The van der Waals surface area contributed by atoms with Crippen LogP contribution in [0.1, 0.15) is 126 Å². The van der Waals surface area contributed by atoms with E-state index in [9.17, 15) is 0 Å². The topological polar surface area (TPSA) is 0 Å². The van der Waals surface area contributed by atoms with E-state index in [0.717, 1.165) is 11.8 Å². The van der Waals surface area contributed by atoms with Crippen molar-refractivity contribution in [2.24, 2.45) is 11.8 Å². The molecule has 0 spiro atoms. The quantitative estimate of drug-likeness (QED) is 0.410. The second kappa shape index (κ2) is 33.2. The molecule has 0 heterocycles. The molecular formula is C23H50. The van der Waals surface area contributed by atoms with Crippen LogP contribution in [0, 0.1) is 24.7 Å². The molecule has 0 bridgehead atoms. The van der Waals surface area contributed by atoms with Crippen LogP contribution in [0.3, 0.4) is 0 Å². The lowest BCUT2D eigenvalue weighted by Gasteiger charge is -2.07. The maximum absolute atomic E-state index is 4.00. The minimum absolute atomic E-state index is 0.898. The Morgan fingerprint density at radius 1 is 0.652 bits per heavy atom. The molecule has 0 aromatic carbocycles. The Morgan fingerprint density at radius 2 is 1.04 bits per heavy atom. The molecule has 1 fully saturated rings. The third-order valence-corrected chi connectivity index (χ3v) is 3.70. The third kappa shape index (κ3) is 44.9. The van der Waals surface area contributed by atoms with Crippen molar-refractivity contribution in [3.8, 4) is 12.8 Å². The molecule has 0 nitrogen and oxygen atoms in total. The summed E-state index contributed by atoms with van der Waals surface area (Å²) in [6, 6.07) is 0. The van der Waals surface area contributed by atoms with Crippen molar-refractivity contribution in [3.63, 3.8) is 0 Å². The summed E-state index contributed by atoms with van der Waals surface area (Å²) < 4.78 is 0. The van der Waals surface area contributed by atoms with E-state index in [1.54, 1.807) is 0 Å². The van der Waals surface area contributed by atoms with E-state index in [-0.39, 0.29) is 0 Å². The minimum Gasteiger partial charge on any atom is -0.124 e. The van der Waals surface area contributed by atoms with Gasteiger partial charge in [-0.05, 0) is 11.8 Å². The average molecular weight is 327 g/mol. The molecule has 0 saturated heterocycles. The van der Waals surface area contributed by atoms with Gasteiger partial charge >= 0.3 is 0 Å². The summed E-state index contributed by atoms with van der Waals surface area (Å²) in [5.74, 6) is 1.87. The van der Waals surface area contributed by atoms with Gasteiger partial charge < -0.3 is 0 Å². The Morgan fingerprint density at radius 3 is 1.22 bits per heavy atom. The lowest BCUT2D eigenvalue weighted by atomic mass is 10.00. The van der Waals surface area contributed by atoms with Crippen LogP contribution < -0.4 is 0 Å². The zero-order valence-corrected chi connectivity index (χ0v) is 18.1. The molecule has 0 amide bonds. The first-order valence-corrected chi connectivity index (χ1v) is 10.4. The molecule has 142 valence electrons. The van der Waals surface area contributed by atoms with E-state index < -0.39 is 0 Å². The Bertz CT molecular complexity index is 158. The van der Waals surface area contributed by atoms with Crippen LogP contribution in [0.2, 0.25) is 0 Å². The molecule has 0 aliphatic heterocycles. The first-order chi connectivity index (χ1) is 11.1. The third-order valence-electron chi connectivity index (χ3n) is 3.70. The number of rotatable bonds is 7. The van der Waals surface area contributed by atoms with Gasteiger partial charge in [0.2, 0.25) is 0 Å². The van der Waals surface area contributed by atoms with Gasteiger partial charge in [-0.1, -0.05) is 126 Å². The summed E-state index contributed by atoms with van der Waals surface area (Å²) in [5.41, 5.74) is 0. The highest BCUT2D eigenvalue weighted by molar-refractivity contribution is 4.51. The van der Waals surface area contributed by atoms with Crippen LogP contribution >= 0.6 is 0 Å². The monoisotopic (exact) mass is 326 g/mol. The SMILES string of the molecule is C#C.C1CCC1.CC.CCCC(C)C.CCCCC(C)CCC. The van der Waals surface area contributed by atoms with Gasteiger partial charge in [0.05, 0.1) is 0 Å².